The second-order valence-electron chi connectivity index (χ2n) is 6.78. The lowest BCUT2D eigenvalue weighted by atomic mass is 10.2. The normalized spacial score (nSPS) is 10.9. The first kappa shape index (κ1) is 20.2. The number of rotatable bonds is 6. The number of fused-ring (bicyclic) bond motifs is 1. The molecule has 0 aliphatic rings. The van der Waals surface area contributed by atoms with E-state index in [1.807, 2.05) is 6.07 Å². The first-order valence-corrected chi connectivity index (χ1v) is 9.13. The molecular formula is C21H23N3O5. The molecule has 1 amide bonds. The number of ether oxygens (including phenoxy) is 2. The summed E-state index contributed by atoms with van der Waals surface area (Å²) >= 11 is 0. The van der Waals surface area contributed by atoms with Crippen LogP contribution in [0, 0.1) is 0 Å². The molecule has 0 aliphatic heterocycles. The van der Waals surface area contributed by atoms with E-state index in [1.54, 1.807) is 38.1 Å². The predicted octanol–water partition coefficient (Wildman–Crippen LogP) is 2.40. The average Bonchev–Trinajstić information content (AvgIpc) is 2.70. The third-order valence-electron chi connectivity index (χ3n) is 4.55. The highest BCUT2D eigenvalue weighted by Crippen LogP contribution is 2.30. The fraction of sp³-hybridized carbons (Fsp3) is 0.286. The Morgan fingerprint density at radius 2 is 1.66 bits per heavy atom. The summed E-state index contributed by atoms with van der Waals surface area (Å²) in [5.41, 5.74) is -0.0855. The van der Waals surface area contributed by atoms with E-state index >= 15 is 0 Å². The van der Waals surface area contributed by atoms with Crippen molar-refractivity contribution in [3.63, 3.8) is 0 Å². The fourth-order valence-electron chi connectivity index (χ4n) is 3.19. The number of methoxy groups -OCH3 is 2. The molecule has 8 nitrogen and oxygen atoms in total. The molecule has 1 heterocycles. The molecule has 0 saturated carbocycles. The van der Waals surface area contributed by atoms with E-state index in [0.29, 0.717) is 22.7 Å². The van der Waals surface area contributed by atoms with Gasteiger partial charge >= 0.3 is 5.69 Å². The minimum absolute atomic E-state index is 0.257. The maximum absolute atomic E-state index is 13.1. The molecule has 0 spiro atoms. The third-order valence-corrected chi connectivity index (χ3v) is 4.55. The zero-order valence-electron chi connectivity index (χ0n) is 16.8. The Labute approximate surface area is 167 Å². The molecule has 3 rings (SSSR count). The van der Waals surface area contributed by atoms with Crippen LogP contribution in [0.3, 0.4) is 0 Å². The summed E-state index contributed by atoms with van der Waals surface area (Å²) in [7, 11) is 2.93. The molecule has 3 aromatic rings. The third kappa shape index (κ3) is 3.87. The van der Waals surface area contributed by atoms with Gasteiger partial charge in [0.05, 0.1) is 25.1 Å². The van der Waals surface area contributed by atoms with Crippen molar-refractivity contribution < 1.29 is 14.3 Å². The van der Waals surface area contributed by atoms with Gasteiger partial charge in [0.25, 0.3) is 5.56 Å². The number of nitrogens with one attached hydrogen (secondary N) is 1. The summed E-state index contributed by atoms with van der Waals surface area (Å²) in [6.45, 7) is 3.22. The Balaban J connectivity index is 2.19. The molecule has 1 N–H and O–H groups in total. The van der Waals surface area contributed by atoms with Gasteiger partial charge in [0.15, 0.2) is 11.5 Å². The molecule has 0 saturated heterocycles. The van der Waals surface area contributed by atoms with Gasteiger partial charge in [-0.3, -0.25) is 18.7 Å². The second kappa shape index (κ2) is 8.22. The van der Waals surface area contributed by atoms with Gasteiger partial charge in [0.1, 0.15) is 6.54 Å². The predicted molar refractivity (Wildman–Crippen MR) is 111 cm³/mol. The van der Waals surface area contributed by atoms with Crippen molar-refractivity contribution in [2.24, 2.45) is 0 Å². The summed E-state index contributed by atoms with van der Waals surface area (Å²) in [6, 6.07) is 11.6. The number of aromatic nitrogens is 2. The largest absolute Gasteiger partial charge is 0.493 e. The van der Waals surface area contributed by atoms with E-state index in [1.165, 1.54) is 30.9 Å². The van der Waals surface area contributed by atoms with Crippen LogP contribution in [0.15, 0.2) is 52.1 Å². The molecule has 1 aromatic heterocycles. The van der Waals surface area contributed by atoms with Crippen LogP contribution in [-0.2, 0) is 11.3 Å². The summed E-state index contributed by atoms with van der Waals surface area (Å²) < 4.78 is 13.0. The van der Waals surface area contributed by atoms with Crippen molar-refractivity contribution in [2.45, 2.75) is 26.4 Å². The average molecular weight is 397 g/mol. The van der Waals surface area contributed by atoms with Gasteiger partial charge in [-0.15, -0.1) is 0 Å². The zero-order chi connectivity index (χ0) is 21.1. The molecule has 0 bridgehead atoms. The van der Waals surface area contributed by atoms with E-state index in [4.69, 9.17) is 9.47 Å². The number of amides is 1. The monoisotopic (exact) mass is 397 g/mol. The number of anilines is 1. The van der Waals surface area contributed by atoms with E-state index in [-0.39, 0.29) is 23.9 Å². The number of benzene rings is 2. The fourth-order valence-corrected chi connectivity index (χ4v) is 3.19. The lowest BCUT2D eigenvalue weighted by Crippen LogP contribution is -2.42. The van der Waals surface area contributed by atoms with E-state index in [9.17, 15) is 14.4 Å². The van der Waals surface area contributed by atoms with Gasteiger partial charge < -0.3 is 14.8 Å². The molecule has 8 heteroatoms. The number of carbonyl (C=O) groups excluding carboxylic acids is 1. The van der Waals surface area contributed by atoms with Gasteiger partial charge in [0, 0.05) is 17.8 Å². The SMILES string of the molecule is COc1cc2c(=O)n(C(C)C)c(=O)n(CC(=O)Nc3ccccc3)c2cc1OC. The zero-order valence-corrected chi connectivity index (χ0v) is 16.8. The van der Waals surface area contributed by atoms with Crippen LogP contribution in [0.1, 0.15) is 19.9 Å². The van der Waals surface area contributed by atoms with Gasteiger partial charge in [-0.05, 0) is 32.0 Å². The van der Waals surface area contributed by atoms with Crippen LogP contribution in [0.5, 0.6) is 11.5 Å². The van der Waals surface area contributed by atoms with Crippen LogP contribution < -0.4 is 26.0 Å². The number of hydrogen-bond donors (Lipinski definition) is 1. The van der Waals surface area contributed by atoms with Crippen LogP contribution in [-0.4, -0.2) is 29.3 Å². The van der Waals surface area contributed by atoms with Crippen molar-refractivity contribution in [1.29, 1.82) is 0 Å². The first-order valence-electron chi connectivity index (χ1n) is 9.13. The molecule has 2 aromatic carbocycles. The molecule has 0 unspecified atom stereocenters. The summed E-state index contributed by atoms with van der Waals surface area (Å²) in [5.74, 6) is 0.341. The molecular weight excluding hydrogens is 374 g/mol. The maximum atomic E-state index is 13.1. The van der Waals surface area contributed by atoms with Crippen LogP contribution in [0.25, 0.3) is 10.9 Å². The number of carbonyl (C=O) groups is 1. The highest BCUT2D eigenvalue weighted by Gasteiger charge is 2.20. The van der Waals surface area contributed by atoms with Crippen LogP contribution in [0.2, 0.25) is 0 Å². The van der Waals surface area contributed by atoms with Crippen molar-refractivity contribution >= 4 is 22.5 Å². The van der Waals surface area contributed by atoms with E-state index in [0.717, 1.165) is 4.57 Å². The van der Waals surface area contributed by atoms with Crippen LogP contribution >= 0.6 is 0 Å². The Morgan fingerprint density at radius 1 is 1.03 bits per heavy atom. The van der Waals surface area contributed by atoms with Gasteiger partial charge in [0.2, 0.25) is 5.91 Å². The van der Waals surface area contributed by atoms with Crippen molar-refractivity contribution in [3.05, 3.63) is 63.3 Å². The minimum Gasteiger partial charge on any atom is -0.493 e. The van der Waals surface area contributed by atoms with Crippen molar-refractivity contribution in [1.82, 2.24) is 9.13 Å². The van der Waals surface area contributed by atoms with Gasteiger partial charge in [-0.25, -0.2) is 4.79 Å². The molecule has 152 valence electrons. The highest BCUT2D eigenvalue weighted by molar-refractivity contribution is 5.92. The highest BCUT2D eigenvalue weighted by atomic mass is 16.5. The smallest absolute Gasteiger partial charge is 0.332 e. The van der Waals surface area contributed by atoms with Gasteiger partial charge in [-0.1, -0.05) is 18.2 Å². The maximum Gasteiger partial charge on any atom is 0.332 e. The lowest BCUT2D eigenvalue weighted by molar-refractivity contribution is -0.116. The number of para-hydroxylation sites is 1. The summed E-state index contributed by atoms with van der Waals surface area (Å²) in [4.78, 5) is 38.6. The van der Waals surface area contributed by atoms with Crippen LogP contribution in [0.4, 0.5) is 5.69 Å². The number of nitrogens with zero attached hydrogens (tertiary/aromatic N) is 2. The molecule has 29 heavy (non-hydrogen) atoms. The Kier molecular flexibility index (Phi) is 5.72. The van der Waals surface area contributed by atoms with E-state index < -0.39 is 11.2 Å². The quantitative estimate of drug-likeness (QED) is 0.690. The summed E-state index contributed by atoms with van der Waals surface area (Å²) in [6.07, 6.45) is 0. The first-order chi connectivity index (χ1) is 13.9. The van der Waals surface area contributed by atoms with Gasteiger partial charge in [-0.2, -0.15) is 0 Å². The summed E-state index contributed by atoms with van der Waals surface area (Å²) in [5, 5.41) is 3.02. The standard InChI is InChI=1S/C21H23N3O5/c1-13(2)24-20(26)15-10-17(28-3)18(29-4)11-16(15)23(21(24)27)12-19(25)22-14-8-6-5-7-9-14/h5-11,13H,12H2,1-4H3,(H,22,25). The molecule has 0 aliphatic carbocycles. The van der Waals surface area contributed by atoms with E-state index in [2.05, 4.69) is 5.32 Å². The van der Waals surface area contributed by atoms with Crippen molar-refractivity contribution in [3.8, 4) is 11.5 Å². The molecule has 0 atom stereocenters. The topological polar surface area (TPSA) is 91.6 Å². The Morgan fingerprint density at radius 3 is 2.24 bits per heavy atom. The minimum atomic E-state index is -0.562. The Hall–Kier alpha value is -3.55. The number of hydrogen-bond acceptors (Lipinski definition) is 5. The van der Waals surface area contributed by atoms with Crippen molar-refractivity contribution in [2.75, 3.05) is 19.5 Å². The molecule has 0 radical (unpaired) electrons. The second-order valence-corrected chi connectivity index (χ2v) is 6.78. The Bertz CT molecular complexity index is 1160. The molecule has 0 fully saturated rings. The lowest BCUT2D eigenvalue weighted by Gasteiger charge is -2.17.